The first kappa shape index (κ1) is 17.3. The predicted molar refractivity (Wildman–Crippen MR) is 101 cm³/mol. The number of carbonyl (C=O) groups is 1. The van der Waals surface area contributed by atoms with Crippen LogP contribution in [0.5, 0.6) is 0 Å². The fourth-order valence-corrected chi connectivity index (χ4v) is 3.56. The number of nitrogens with zero attached hydrogens (tertiary/aromatic N) is 4. The van der Waals surface area contributed by atoms with Gasteiger partial charge in [-0.3, -0.25) is 4.79 Å². The molecule has 0 bridgehead atoms. The lowest BCUT2D eigenvalue weighted by Gasteiger charge is -2.39. The quantitative estimate of drug-likeness (QED) is 0.619. The van der Waals surface area contributed by atoms with Crippen molar-refractivity contribution in [3.63, 3.8) is 0 Å². The Labute approximate surface area is 158 Å². The molecule has 0 spiro atoms. The van der Waals surface area contributed by atoms with Crippen LogP contribution >= 0.6 is 11.6 Å². The van der Waals surface area contributed by atoms with E-state index in [2.05, 4.69) is 19.9 Å². The Kier molecular flexibility index (Phi) is 4.23. The van der Waals surface area contributed by atoms with E-state index >= 15 is 0 Å². The first-order valence-corrected chi connectivity index (χ1v) is 8.80. The molecular formula is C17H17ClN6O3. The molecule has 10 heteroatoms. The summed E-state index contributed by atoms with van der Waals surface area (Å²) in [7, 11) is 0. The van der Waals surface area contributed by atoms with Gasteiger partial charge >= 0.3 is 6.09 Å². The van der Waals surface area contributed by atoms with Gasteiger partial charge in [0.05, 0.1) is 0 Å². The first-order chi connectivity index (χ1) is 13.0. The largest absolute Gasteiger partial charge is 0.465 e. The monoisotopic (exact) mass is 388 g/mol. The van der Waals surface area contributed by atoms with E-state index in [4.69, 9.17) is 11.6 Å². The van der Waals surface area contributed by atoms with E-state index in [0.29, 0.717) is 42.5 Å². The normalized spacial score (nSPS) is 17.5. The zero-order valence-corrected chi connectivity index (χ0v) is 15.2. The fraction of sp³-hybridized carbons (Fsp3) is 0.294. The Morgan fingerprint density at radius 1 is 1.41 bits per heavy atom. The average molecular weight is 389 g/mol. The maximum Gasteiger partial charge on any atom is 0.407 e. The van der Waals surface area contributed by atoms with Crippen molar-refractivity contribution in [3.05, 3.63) is 39.9 Å². The third-order valence-electron chi connectivity index (χ3n) is 4.72. The van der Waals surface area contributed by atoms with Crippen molar-refractivity contribution in [2.75, 3.05) is 24.5 Å². The van der Waals surface area contributed by atoms with E-state index in [0.717, 1.165) is 5.39 Å². The van der Waals surface area contributed by atoms with Crippen LogP contribution < -0.4 is 10.5 Å². The maximum absolute atomic E-state index is 12.4. The Bertz CT molecular complexity index is 1080. The molecule has 0 saturated carbocycles. The number of aromatic amines is 2. The third-order valence-corrected chi connectivity index (χ3v) is 5.06. The van der Waals surface area contributed by atoms with Gasteiger partial charge in [0.2, 0.25) is 0 Å². The highest BCUT2D eigenvalue weighted by atomic mass is 35.5. The molecule has 4 heterocycles. The smallest absolute Gasteiger partial charge is 0.407 e. The second kappa shape index (κ2) is 6.58. The topological polar surface area (TPSA) is 118 Å². The SMILES string of the molecule is C[C@@H]1CN(C(=O)O)CCN1c1nc(-c2c[nH]c3ncccc23)[nH]c(=O)c1Cl. The standard InChI is InChI=1S/C17H17ClN6O3/c1-9-8-23(17(26)27)5-6-24(9)15-12(18)16(25)22-14(21-15)11-7-20-13-10(11)3-2-4-19-13/h2-4,7,9H,5-6,8H2,1H3,(H,19,20)(H,26,27)(H,21,22,25)/t9-/m1/s1. The molecule has 140 valence electrons. The number of hydrogen-bond donors (Lipinski definition) is 3. The number of piperazine rings is 1. The molecule has 0 aliphatic carbocycles. The number of hydrogen-bond acceptors (Lipinski definition) is 5. The van der Waals surface area contributed by atoms with Crippen LogP contribution in [0.3, 0.4) is 0 Å². The minimum absolute atomic E-state index is 0.00709. The van der Waals surface area contributed by atoms with Gasteiger partial charge in [0.15, 0.2) is 5.82 Å². The highest BCUT2D eigenvalue weighted by molar-refractivity contribution is 6.32. The summed E-state index contributed by atoms with van der Waals surface area (Å²) < 4.78 is 0. The minimum atomic E-state index is -0.960. The van der Waals surface area contributed by atoms with E-state index in [9.17, 15) is 14.7 Å². The van der Waals surface area contributed by atoms with Gasteiger partial charge in [0.25, 0.3) is 5.56 Å². The second-order valence-corrected chi connectivity index (χ2v) is 6.80. The molecule has 0 aromatic carbocycles. The predicted octanol–water partition coefficient (Wildman–Crippen LogP) is 2.16. The number of carboxylic acid groups (broad SMARTS) is 1. The summed E-state index contributed by atoms with van der Waals surface area (Å²) in [4.78, 5) is 41.4. The van der Waals surface area contributed by atoms with Gasteiger partial charge in [-0.25, -0.2) is 14.8 Å². The number of anilines is 1. The van der Waals surface area contributed by atoms with E-state index in [1.807, 2.05) is 24.0 Å². The second-order valence-electron chi connectivity index (χ2n) is 6.43. The maximum atomic E-state index is 12.4. The third kappa shape index (κ3) is 2.99. The number of nitrogens with one attached hydrogen (secondary N) is 2. The Morgan fingerprint density at radius 2 is 2.22 bits per heavy atom. The molecule has 1 atom stereocenters. The molecule has 1 fully saturated rings. The molecule has 3 N–H and O–H groups in total. The zero-order chi connectivity index (χ0) is 19.1. The molecule has 3 aromatic heterocycles. The van der Waals surface area contributed by atoms with Gasteiger partial charge in [-0.15, -0.1) is 0 Å². The van der Waals surface area contributed by atoms with Crippen molar-refractivity contribution in [2.45, 2.75) is 13.0 Å². The minimum Gasteiger partial charge on any atom is -0.465 e. The lowest BCUT2D eigenvalue weighted by atomic mass is 10.2. The summed E-state index contributed by atoms with van der Waals surface area (Å²) in [6, 6.07) is 3.53. The van der Waals surface area contributed by atoms with Crippen molar-refractivity contribution < 1.29 is 9.90 Å². The molecule has 0 unspecified atom stereocenters. The Balaban J connectivity index is 1.77. The summed E-state index contributed by atoms with van der Waals surface area (Å²) in [6.45, 7) is 2.91. The van der Waals surface area contributed by atoms with Gasteiger partial charge in [-0.05, 0) is 19.1 Å². The molecule has 27 heavy (non-hydrogen) atoms. The number of rotatable bonds is 2. The molecule has 1 aliphatic heterocycles. The molecule has 3 aromatic rings. The van der Waals surface area contributed by atoms with Gasteiger partial charge in [0, 0.05) is 49.0 Å². The lowest BCUT2D eigenvalue weighted by molar-refractivity contribution is 0.136. The number of aromatic nitrogens is 4. The summed E-state index contributed by atoms with van der Waals surface area (Å²) in [6.07, 6.45) is 2.45. The van der Waals surface area contributed by atoms with Crippen LogP contribution in [0, 0.1) is 0 Å². The van der Waals surface area contributed by atoms with Crippen LogP contribution in [0.1, 0.15) is 6.92 Å². The van der Waals surface area contributed by atoms with Gasteiger partial charge in [-0.1, -0.05) is 11.6 Å². The zero-order valence-electron chi connectivity index (χ0n) is 14.4. The summed E-state index contributed by atoms with van der Waals surface area (Å²) in [5.41, 5.74) is 0.961. The summed E-state index contributed by atoms with van der Waals surface area (Å²) in [5.74, 6) is 0.734. The highest BCUT2D eigenvalue weighted by Gasteiger charge is 2.29. The van der Waals surface area contributed by atoms with Crippen LogP contribution in [0.2, 0.25) is 5.02 Å². The van der Waals surface area contributed by atoms with Crippen LogP contribution in [0.15, 0.2) is 29.3 Å². The Hall–Kier alpha value is -3.07. The molecule has 1 amide bonds. The highest BCUT2D eigenvalue weighted by Crippen LogP contribution is 2.29. The number of halogens is 1. The Morgan fingerprint density at radius 3 is 2.96 bits per heavy atom. The van der Waals surface area contributed by atoms with Crippen molar-refractivity contribution in [1.29, 1.82) is 0 Å². The van der Waals surface area contributed by atoms with Crippen molar-refractivity contribution >= 4 is 34.5 Å². The molecule has 0 radical (unpaired) electrons. The van der Waals surface area contributed by atoms with Crippen molar-refractivity contribution in [3.8, 4) is 11.4 Å². The number of fused-ring (bicyclic) bond motifs is 1. The number of amides is 1. The first-order valence-electron chi connectivity index (χ1n) is 8.42. The van der Waals surface area contributed by atoms with Gasteiger partial charge < -0.3 is 24.9 Å². The van der Waals surface area contributed by atoms with Crippen molar-refractivity contribution in [1.82, 2.24) is 24.8 Å². The molecule has 4 rings (SSSR count). The van der Waals surface area contributed by atoms with E-state index < -0.39 is 11.7 Å². The van der Waals surface area contributed by atoms with Crippen LogP contribution in [0.4, 0.5) is 10.6 Å². The summed E-state index contributed by atoms with van der Waals surface area (Å²) in [5, 5.41) is 10.0. The molecule has 9 nitrogen and oxygen atoms in total. The van der Waals surface area contributed by atoms with Crippen LogP contribution in [0.25, 0.3) is 22.4 Å². The van der Waals surface area contributed by atoms with Crippen molar-refractivity contribution in [2.24, 2.45) is 0 Å². The molecular weight excluding hydrogens is 372 g/mol. The summed E-state index contributed by atoms with van der Waals surface area (Å²) >= 11 is 6.24. The lowest BCUT2D eigenvalue weighted by Crippen LogP contribution is -2.54. The van der Waals surface area contributed by atoms with E-state index in [1.165, 1.54) is 4.90 Å². The number of pyridine rings is 1. The van der Waals surface area contributed by atoms with E-state index in [-0.39, 0.29) is 11.1 Å². The van der Waals surface area contributed by atoms with Crippen LogP contribution in [-0.2, 0) is 0 Å². The molecule has 1 aliphatic rings. The van der Waals surface area contributed by atoms with Gasteiger partial charge in [-0.2, -0.15) is 0 Å². The average Bonchev–Trinajstić information content (AvgIpc) is 3.08. The van der Waals surface area contributed by atoms with Gasteiger partial charge in [0.1, 0.15) is 16.5 Å². The van der Waals surface area contributed by atoms with Crippen LogP contribution in [-0.4, -0.2) is 61.7 Å². The molecule has 1 saturated heterocycles. The number of H-pyrrole nitrogens is 2. The van der Waals surface area contributed by atoms with E-state index in [1.54, 1.807) is 12.4 Å². The fourth-order valence-electron chi connectivity index (χ4n) is 3.36.